The van der Waals surface area contributed by atoms with Gasteiger partial charge in [-0.1, -0.05) is 62.2 Å². The molecule has 0 aliphatic heterocycles. The van der Waals surface area contributed by atoms with E-state index in [4.69, 9.17) is 4.74 Å². The maximum absolute atomic E-state index is 11.7. The Bertz CT molecular complexity index is 1210. The number of hydrogen-bond acceptors (Lipinski definition) is 2. The Morgan fingerprint density at radius 2 is 1.33 bits per heavy atom. The summed E-state index contributed by atoms with van der Waals surface area (Å²) in [6.07, 6.45) is 0. The molecular formula is C23H16Br2O2. The van der Waals surface area contributed by atoms with E-state index in [9.17, 15) is 4.79 Å². The van der Waals surface area contributed by atoms with Crippen LogP contribution in [-0.4, -0.2) is 5.97 Å². The highest BCUT2D eigenvalue weighted by Gasteiger charge is 2.17. The van der Waals surface area contributed by atoms with E-state index in [2.05, 4.69) is 75.2 Å². The van der Waals surface area contributed by atoms with Crippen LogP contribution in [0, 0.1) is 6.92 Å². The van der Waals surface area contributed by atoms with Crippen molar-refractivity contribution >= 4 is 59.4 Å². The van der Waals surface area contributed by atoms with Crippen LogP contribution in [0.5, 0.6) is 5.75 Å². The van der Waals surface area contributed by atoms with Gasteiger partial charge in [-0.3, -0.25) is 4.79 Å². The van der Waals surface area contributed by atoms with Gasteiger partial charge in [0, 0.05) is 21.4 Å². The molecular weight excluding hydrogens is 468 g/mol. The van der Waals surface area contributed by atoms with Crippen molar-refractivity contribution in [3.05, 3.63) is 75.2 Å². The summed E-state index contributed by atoms with van der Waals surface area (Å²) in [5.41, 5.74) is 3.17. The van der Waals surface area contributed by atoms with Crippen molar-refractivity contribution in [2.45, 2.75) is 13.8 Å². The Morgan fingerprint density at radius 1 is 0.778 bits per heavy atom. The highest BCUT2D eigenvalue weighted by atomic mass is 79.9. The lowest BCUT2D eigenvalue weighted by molar-refractivity contribution is -0.131. The maximum Gasteiger partial charge on any atom is 0.308 e. The van der Waals surface area contributed by atoms with Gasteiger partial charge < -0.3 is 4.74 Å². The van der Waals surface area contributed by atoms with Crippen LogP contribution in [0.25, 0.3) is 32.7 Å². The van der Waals surface area contributed by atoms with E-state index in [1.54, 1.807) is 0 Å². The Balaban J connectivity index is 2.16. The molecule has 0 spiro atoms. The number of carbonyl (C=O) groups excluding carboxylic acids is 1. The minimum absolute atomic E-state index is 0.326. The van der Waals surface area contributed by atoms with Crippen LogP contribution in [0.15, 0.2) is 69.6 Å². The molecule has 0 saturated carbocycles. The van der Waals surface area contributed by atoms with E-state index < -0.39 is 0 Å². The highest BCUT2D eigenvalue weighted by molar-refractivity contribution is 9.10. The van der Waals surface area contributed by atoms with Crippen molar-refractivity contribution in [3.63, 3.8) is 0 Å². The van der Waals surface area contributed by atoms with Crippen molar-refractivity contribution in [2.24, 2.45) is 0 Å². The largest absolute Gasteiger partial charge is 0.426 e. The van der Waals surface area contributed by atoms with E-state index in [0.717, 1.165) is 47.2 Å². The molecule has 0 saturated heterocycles. The van der Waals surface area contributed by atoms with Gasteiger partial charge in [-0.25, -0.2) is 0 Å². The lowest BCUT2D eigenvalue weighted by atomic mass is 9.90. The summed E-state index contributed by atoms with van der Waals surface area (Å²) < 4.78 is 7.65. The number of esters is 1. The SMILES string of the molecule is CC(=O)Oc1ccc2cc(Br)ccc2c1-c1c(C)ccc2cc(Br)ccc12. The first kappa shape index (κ1) is 18.2. The second kappa shape index (κ2) is 7.10. The van der Waals surface area contributed by atoms with Gasteiger partial charge in [-0.15, -0.1) is 0 Å². The third-order valence-corrected chi connectivity index (χ3v) is 5.62. The molecule has 0 aromatic heterocycles. The zero-order chi connectivity index (χ0) is 19.1. The average Bonchev–Trinajstić information content (AvgIpc) is 2.62. The standard InChI is InChI=1S/C23H16Br2O2/c1-13-3-4-15-11-17(24)6-8-19(15)22(13)23-20-9-7-18(25)12-16(20)5-10-21(23)27-14(2)26/h3-12H,1-2H3. The predicted octanol–water partition coefficient (Wildman–Crippen LogP) is 7.42. The quantitative estimate of drug-likeness (QED) is 0.219. The molecule has 0 bridgehead atoms. The van der Waals surface area contributed by atoms with Gasteiger partial charge in [0.25, 0.3) is 0 Å². The second-order valence-corrected chi connectivity index (χ2v) is 8.35. The van der Waals surface area contributed by atoms with Gasteiger partial charge in [0.2, 0.25) is 0 Å². The molecule has 0 atom stereocenters. The molecule has 0 radical (unpaired) electrons. The van der Waals surface area contributed by atoms with Gasteiger partial charge in [0.15, 0.2) is 0 Å². The number of aryl methyl sites for hydroxylation is 1. The Morgan fingerprint density at radius 3 is 1.93 bits per heavy atom. The van der Waals surface area contributed by atoms with Gasteiger partial charge in [0.1, 0.15) is 5.75 Å². The first-order chi connectivity index (χ1) is 12.9. The zero-order valence-electron chi connectivity index (χ0n) is 14.8. The molecule has 0 fully saturated rings. The Labute approximate surface area is 174 Å². The van der Waals surface area contributed by atoms with Crippen LogP contribution in [-0.2, 0) is 4.79 Å². The molecule has 27 heavy (non-hydrogen) atoms. The van der Waals surface area contributed by atoms with Crippen molar-refractivity contribution in [2.75, 3.05) is 0 Å². The fourth-order valence-electron chi connectivity index (χ4n) is 3.52. The van der Waals surface area contributed by atoms with Crippen LogP contribution in [0.2, 0.25) is 0 Å². The van der Waals surface area contributed by atoms with Crippen LogP contribution < -0.4 is 4.74 Å². The molecule has 134 valence electrons. The van der Waals surface area contributed by atoms with E-state index in [0.29, 0.717) is 5.75 Å². The Hall–Kier alpha value is -2.17. The predicted molar refractivity (Wildman–Crippen MR) is 118 cm³/mol. The number of rotatable bonds is 2. The van der Waals surface area contributed by atoms with Crippen molar-refractivity contribution in [1.29, 1.82) is 0 Å². The molecule has 0 aliphatic carbocycles. The number of benzene rings is 4. The van der Waals surface area contributed by atoms with Gasteiger partial charge in [0.05, 0.1) is 0 Å². The fraction of sp³-hybridized carbons (Fsp3) is 0.0870. The summed E-state index contributed by atoms with van der Waals surface area (Å²) in [6, 6.07) is 20.5. The minimum Gasteiger partial charge on any atom is -0.426 e. The summed E-state index contributed by atoms with van der Waals surface area (Å²) in [7, 11) is 0. The van der Waals surface area contributed by atoms with Crippen molar-refractivity contribution < 1.29 is 9.53 Å². The normalized spacial score (nSPS) is 11.1. The van der Waals surface area contributed by atoms with E-state index in [1.165, 1.54) is 6.92 Å². The van der Waals surface area contributed by atoms with Gasteiger partial charge >= 0.3 is 5.97 Å². The topological polar surface area (TPSA) is 26.3 Å². The number of carbonyl (C=O) groups is 1. The number of hydrogen-bond donors (Lipinski definition) is 0. The molecule has 0 heterocycles. The van der Waals surface area contributed by atoms with Gasteiger partial charge in [-0.2, -0.15) is 0 Å². The molecule has 0 aliphatic rings. The van der Waals surface area contributed by atoms with Gasteiger partial charge in [-0.05, 0) is 69.9 Å². The molecule has 4 heteroatoms. The monoisotopic (exact) mass is 482 g/mol. The van der Waals surface area contributed by atoms with Crippen molar-refractivity contribution in [1.82, 2.24) is 0 Å². The van der Waals surface area contributed by atoms with E-state index in [1.807, 2.05) is 24.3 Å². The highest BCUT2D eigenvalue weighted by Crippen LogP contribution is 2.43. The first-order valence-electron chi connectivity index (χ1n) is 8.54. The molecule has 4 aromatic carbocycles. The summed E-state index contributed by atoms with van der Waals surface area (Å²) in [4.78, 5) is 11.7. The molecule has 4 aromatic rings. The maximum atomic E-state index is 11.7. The third kappa shape index (κ3) is 3.40. The Kier molecular flexibility index (Phi) is 4.79. The van der Waals surface area contributed by atoms with Crippen molar-refractivity contribution in [3.8, 4) is 16.9 Å². The summed E-state index contributed by atoms with van der Waals surface area (Å²) in [6.45, 7) is 3.52. The summed E-state index contributed by atoms with van der Waals surface area (Å²) in [5, 5.41) is 4.40. The third-order valence-electron chi connectivity index (χ3n) is 4.64. The molecule has 4 rings (SSSR count). The number of ether oxygens (including phenoxy) is 1. The number of halogens is 2. The first-order valence-corrected chi connectivity index (χ1v) is 10.1. The lowest BCUT2D eigenvalue weighted by Crippen LogP contribution is -2.03. The number of fused-ring (bicyclic) bond motifs is 2. The molecule has 2 nitrogen and oxygen atoms in total. The van der Waals surface area contributed by atoms with E-state index in [-0.39, 0.29) is 5.97 Å². The molecule has 0 amide bonds. The second-order valence-electron chi connectivity index (χ2n) is 6.52. The lowest BCUT2D eigenvalue weighted by Gasteiger charge is -2.17. The summed E-state index contributed by atoms with van der Waals surface area (Å²) >= 11 is 7.10. The van der Waals surface area contributed by atoms with Crippen LogP contribution >= 0.6 is 31.9 Å². The average molecular weight is 484 g/mol. The van der Waals surface area contributed by atoms with Crippen LogP contribution in [0.1, 0.15) is 12.5 Å². The fourth-order valence-corrected chi connectivity index (χ4v) is 4.28. The summed E-state index contributed by atoms with van der Waals surface area (Å²) in [5.74, 6) is 0.254. The minimum atomic E-state index is -0.326. The van der Waals surface area contributed by atoms with Crippen LogP contribution in [0.3, 0.4) is 0 Å². The molecule has 0 unspecified atom stereocenters. The van der Waals surface area contributed by atoms with E-state index >= 15 is 0 Å². The van der Waals surface area contributed by atoms with Crippen LogP contribution in [0.4, 0.5) is 0 Å². The zero-order valence-corrected chi connectivity index (χ0v) is 18.0. The smallest absolute Gasteiger partial charge is 0.308 e. The molecule has 0 N–H and O–H groups in total.